The van der Waals surface area contributed by atoms with Crippen molar-refractivity contribution >= 4 is 17.2 Å². The Morgan fingerprint density at radius 2 is 2.03 bits per heavy atom. The molecule has 1 heterocycles. The van der Waals surface area contributed by atoms with Crippen LogP contribution in [0.1, 0.15) is 76.5 Å². The molecule has 0 aromatic heterocycles. The maximum absolute atomic E-state index is 12.6. The lowest BCUT2D eigenvalue weighted by Gasteiger charge is -2.34. The molecular weight excluding hydrogens is 382 g/mol. The van der Waals surface area contributed by atoms with E-state index in [9.17, 15) is 4.79 Å². The molecule has 31 heavy (non-hydrogen) atoms. The van der Waals surface area contributed by atoms with Gasteiger partial charge in [-0.15, -0.1) is 0 Å². The minimum atomic E-state index is -0.173. The Hall–Kier alpha value is -2.59. The summed E-state index contributed by atoms with van der Waals surface area (Å²) in [7, 11) is 0. The Morgan fingerprint density at radius 3 is 2.68 bits per heavy atom. The number of hydrogen-bond donors (Lipinski definition) is 2. The highest BCUT2D eigenvalue weighted by atomic mass is 16.1. The van der Waals surface area contributed by atoms with E-state index in [-0.39, 0.29) is 23.0 Å². The predicted molar refractivity (Wildman–Crippen MR) is 130 cm³/mol. The lowest BCUT2D eigenvalue weighted by Crippen LogP contribution is -2.31. The van der Waals surface area contributed by atoms with E-state index >= 15 is 0 Å². The van der Waals surface area contributed by atoms with Gasteiger partial charge in [-0.1, -0.05) is 50.8 Å². The first-order valence-electron chi connectivity index (χ1n) is 11.3. The number of nitrogens with two attached hydrogens (primary N) is 1. The van der Waals surface area contributed by atoms with Gasteiger partial charge in [0.2, 0.25) is 0 Å². The smallest absolute Gasteiger partial charge is 0.192 e. The first-order valence-corrected chi connectivity index (χ1v) is 11.3. The van der Waals surface area contributed by atoms with Gasteiger partial charge >= 0.3 is 0 Å². The van der Waals surface area contributed by atoms with E-state index in [1.54, 1.807) is 13.8 Å². The quantitative estimate of drug-likeness (QED) is 0.399. The number of Topliss-reactive ketones (excluding diaryl/α,β-unsaturated/α-hetero) is 1. The zero-order valence-corrected chi connectivity index (χ0v) is 19.2. The fourth-order valence-corrected chi connectivity index (χ4v) is 5.29. The molecule has 164 valence electrons. The highest BCUT2D eigenvalue weighted by Gasteiger charge is 2.42. The number of rotatable bonds is 8. The molecule has 1 aromatic rings. The first-order chi connectivity index (χ1) is 14.7. The molecule has 3 N–H and O–H groups in total. The van der Waals surface area contributed by atoms with Crippen molar-refractivity contribution < 1.29 is 4.79 Å². The molecule has 4 nitrogen and oxygen atoms in total. The number of fused-ring (bicyclic) bond motifs is 1. The number of carbonyl (C=O) groups excluding carboxylic acids is 1. The van der Waals surface area contributed by atoms with E-state index in [0.717, 1.165) is 49.8 Å². The molecule has 0 saturated heterocycles. The Balaban J connectivity index is 1.72. The van der Waals surface area contributed by atoms with Crippen LogP contribution in [-0.2, 0) is 11.2 Å². The van der Waals surface area contributed by atoms with Crippen molar-refractivity contribution in [3.8, 4) is 0 Å². The maximum Gasteiger partial charge on any atom is 0.192 e. The van der Waals surface area contributed by atoms with Crippen LogP contribution in [0.4, 0.5) is 0 Å². The van der Waals surface area contributed by atoms with Gasteiger partial charge in [0.05, 0.1) is 11.3 Å². The number of allylic oxidation sites excluding steroid dienone is 4. The number of nitrogens with zero attached hydrogens (tertiary/aromatic N) is 1. The van der Waals surface area contributed by atoms with E-state index in [4.69, 9.17) is 11.1 Å². The van der Waals surface area contributed by atoms with Gasteiger partial charge in [-0.3, -0.25) is 9.79 Å². The lowest BCUT2D eigenvalue weighted by atomic mass is 9.73. The molecule has 0 amide bonds. The van der Waals surface area contributed by atoms with Gasteiger partial charge in [0.15, 0.2) is 5.78 Å². The molecule has 2 aliphatic rings. The molecule has 1 aliphatic carbocycles. The van der Waals surface area contributed by atoms with Gasteiger partial charge in [-0.25, -0.2) is 0 Å². The molecule has 0 spiro atoms. The second-order valence-electron chi connectivity index (χ2n) is 9.18. The van der Waals surface area contributed by atoms with Crippen molar-refractivity contribution in [2.45, 2.75) is 71.8 Å². The molecule has 1 aliphatic heterocycles. The molecular formula is C27H35N3O. The summed E-state index contributed by atoms with van der Waals surface area (Å²) < 4.78 is 0. The number of nitrogens with one attached hydrogen (secondary N) is 1. The SMILES string of the molecule is C=C1CC(C(=C)CCCC2(CCC)Cc3ccccc3[C@H]2N)=NC(C)=C(C(C)=N)C1=O. The number of aliphatic imine (C=N–C) groups is 1. The molecule has 0 radical (unpaired) electrons. The Bertz CT molecular complexity index is 997. The molecule has 0 saturated carbocycles. The van der Waals surface area contributed by atoms with E-state index < -0.39 is 0 Å². The summed E-state index contributed by atoms with van der Waals surface area (Å²) in [6.45, 7) is 13.9. The summed E-state index contributed by atoms with van der Waals surface area (Å²) >= 11 is 0. The van der Waals surface area contributed by atoms with Gasteiger partial charge < -0.3 is 11.1 Å². The summed E-state index contributed by atoms with van der Waals surface area (Å²) in [6, 6.07) is 8.66. The summed E-state index contributed by atoms with van der Waals surface area (Å²) in [5.41, 5.74) is 13.0. The average molecular weight is 418 g/mol. The highest BCUT2D eigenvalue weighted by molar-refractivity contribution is 6.28. The second kappa shape index (κ2) is 9.27. The van der Waals surface area contributed by atoms with E-state index in [1.807, 2.05) is 0 Å². The van der Waals surface area contributed by atoms with Crippen molar-refractivity contribution in [3.63, 3.8) is 0 Å². The maximum atomic E-state index is 12.6. The standard InChI is InChI=1S/C27H35N3O/c1-6-13-27(16-21-11-7-8-12-22(21)26(27)29)14-9-10-17(2)23-15-18(3)25(31)24(19(4)28)20(5)30-23/h7-8,11-12,26,28H,2-3,6,9-10,13-16,29H2,1,4-5H3/t26-,27?/m1/s1. The van der Waals surface area contributed by atoms with E-state index in [1.165, 1.54) is 11.1 Å². The van der Waals surface area contributed by atoms with Gasteiger partial charge in [0.25, 0.3) is 0 Å². The van der Waals surface area contributed by atoms with Crippen molar-refractivity contribution in [2.24, 2.45) is 16.1 Å². The third-order valence-electron chi connectivity index (χ3n) is 6.87. The number of carbonyl (C=O) groups is 1. The third-order valence-corrected chi connectivity index (χ3v) is 6.87. The summed E-state index contributed by atoms with van der Waals surface area (Å²) in [5.74, 6) is -0.173. The number of hydrogen-bond acceptors (Lipinski definition) is 4. The molecule has 2 atom stereocenters. The van der Waals surface area contributed by atoms with Crippen LogP contribution in [0, 0.1) is 10.8 Å². The van der Waals surface area contributed by atoms with Gasteiger partial charge in [-0.2, -0.15) is 0 Å². The van der Waals surface area contributed by atoms with E-state index in [0.29, 0.717) is 23.3 Å². The largest absolute Gasteiger partial charge is 0.323 e. The molecule has 1 unspecified atom stereocenters. The zero-order chi connectivity index (χ0) is 22.8. The van der Waals surface area contributed by atoms with Gasteiger partial charge in [-0.05, 0) is 73.6 Å². The van der Waals surface area contributed by atoms with Crippen LogP contribution in [0.3, 0.4) is 0 Å². The molecule has 4 heteroatoms. The minimum Gasteiger partial charge on any atom is -0.323 e. The number of ketones is 1. The minimum absolute atomic E-state index is 0.0767. The Labute approximate surface area is 186 Å². The fraction of sp³-hybridized carbons (Fsp3) is 0.444. The normalized spacial score (nSPS) is 23.5. The summed E-state index contributed by atoms with van der Waals surface area (Å²) in [5, 5.41) is 7.93. The summed E-state index contributed by atoms with van der Waals surface area (Å²) in [6.07, 6.45) is 6.53. The fourth-order valence-electron chi connectivity index (χ4n) is 5.29. The number of benzene rings is 1. The zero-order valence-electron chi connectivity index (χ0n) is 19.2. The monoisotopic (exact) mass is 417 g/mol. The highest BCUT2D eigenvalue weighted by Crippen LogP contribution is 2.50. The van der Waals surface area contributed by atoms with Gasteiger partial charge in [0, 0.05) is 23.9 Å². The lowest BCUT2D eigenvalue weighted by molar-refractivity contribution is -0.111. The van der Waals surface area contributed by atoms with Crippen LogP contribution in [0.15, 0.2) is 64.8 Å². The second-order valence-corrected chi connectivity index (χ2v) is 9.18. The van der Waals surface area contributed by atoms with Crippen molar-refractivity contribution in [1.29, 1.82) is 5.41 Å². The molecule has 1 aromatic carbocycles. The first kappa shape index (κ1) is 23.1. The van der Waals surface area contributed by atoms with Crippen molar-refractivity contribution in [2.75, 3.05) is 0 Å². The predicted octanol–water partition coefficient (Wildman–Crippen LogP) is 6.04. The summed E-state index contributed by atoms with van der Waals surface area (Å²) in [4.78, 5) is 17.3. The Kier molecular flexibility index (Phi) is 6.90. The molecule has 0 bridgehead atoms. The van der Waals surface area contributed by atoms with E-state index in [2.05, 4.69) is 49.3 Å². The van der Waals surface area contributed by atoms with Crippen LogP contribution in [0.2, 0.25) is 0 Å². The van der Waals surface area contributed by atoms with Gasteiger partial charge in [0.1, 0.15) is 0 Å². The van der Waals surface area contributed by atoms with Crippen molar-refractivity contribution in [3.05, 3.63) is 71.0 Å². The van der Waals surface area contributed by atoms with Crippen molar-refractivity contribution in [1.82, 2.24) is 0 Å². The third kappa shape index (κ3) is 4.54. The van der Waals surface area contributed by atoms with Crippen LogP contribution >= 0.6 is 0 Å². The molecule has 3 rings (SSSR count). The van der Waals surface area contributed by atoms with Crippen LogP contribution in [0.5, 0.6) is 0 Å². The van der Waals surface area contributed by atoms with Crippen LogP contribution in [0.25, 0.3) is 0 Å². The average Bonchev–Trinajstić information content (AvgIpc) is 2.92. The van der Waals surface area contributed by atoms with Crippen LogP contribution < -0.4 is 5.73 Å². The topological polar surface area (TPSA) is 79.3 Å². The van der Waals surface area contributed by atoms with Crippen LogP contribution in [-0.4, -0.2) is 17.2 Å². The molecule has 0 fully saturated rings. The Morgan fingerprint density at radius 1 is 1.32 bits per heavy atom.